The van der Waals surface area contributed by atoms with Gasteiger partial charge in [0.1, 0.15) is 22.2 Å². The average Bonchev–Trinajstić information content (AvgIpc) is 3.25. The van der Waals surface area contributed by atoms with Gasteiger partial charge in [-0.1, -0.05) is 5.21 Å². The van der Waals surface area contributed by atoms with Crippen molar-refractivity contribution in [3.63, 3.8) is 0 Å². The third kappa shape index (κ3) is 3.29. The number of hydrogen-bond donors (Lipinski definition) is 0. The molecule has 8 nitrogen and oxygen atoms in total. The molecule has 2 saturated heterocycles. The molecule has 1 aromatic carbocycles. The van der Waals surface area contributed by atoms with Crippen LogP contribution < -0.4 is 4.74 Å². The van der Waals surface area contributed by atoms with Gasteiger partial charge in [-0.05, 0) is 43.9 Å². The molecule has 2 aliphatic rings. The van der Waals surface area contributed by atoms with Crippen molar-refractivity contribution >= 4 is 10.0 Å². The molecule has 3 heterocycles. The van der Waals surface area contributed by atoms with Crippen LogP contribution in [0.5, 0.6) is 5.75 Å². The zero-order chi connectivity index (χ0) is 19.9. The van der Waals surface area contributed by atoms with Crippen LogP contribution in [0.3, 0.4) is 0 Å². The first-order valence-electron chi connectivity index (χ1n) is 9.20. The number of aromatic nitrogens is 3. The molecule has 2 aliphatic heterocycles. The van der Waals surface area contributed by atoms with Crippen molar-refractivity contribution in [3.05, 3.63) is 35.9 Å². The van der Waals surface area contributed by atoms with Crippen LogP contribution in [0.2, 0.25) is 0 Å². The Kier molecular flexibility index (Phi) is 5.11. The molecule has 2 bridgehead atoms. The molecule has 0 N–H and O–H groups in total. The maximum Gasteiger partial charge on any atom is 0.247 e. The lowest BCUT2D eigenvalue weighted by molar-refractivity contribution is 0.180. The Morgan fingerprint density at radius 1 is 1.18 bits per heavy atom. The normalized spacial score (nSPS) is 25.2. The van der Waals surface area contributed by atoms with Crippen molar-refractivity contribution < 1.29 is 22.3 Å². The van der Waals surface area contributed by atoms with Crippen LogP contribution in [-0.2, 0) is 21.4 Å². The maximum absolute atomic E-state index is 13.8. The standard InChI is InChI=1S/C18H23FN4O4S/c1-26-11-13-10-22(21-20-13)16-8-14-4-5-15(9-16)23(14)28(24,25)18-7-12(19)3-6-17(18)27-2/h3,6-7,10,14-16H,4-5,8-9,11H2,1-2H3. The van der Waals surface area contributed by atoms with Gasteiger partial charge in [0.05, 0.1) is 26.0 Å². The van der Waals surface area contributed by atoms with Crippen molar-refractivity contribution in [2.75, 3.05) is 14.2 Å². The number of rotatable bonds is 6. The number of sulfonamides is 1. The van der Waals surface area contributed by atoms with E-state index in [4.69, 9.17) is 9.47 Å². The van der Waals surface area contributed by atoms with Crippen LogP contribution in [0.15, 0.2) is 29.3 Å². The molecular formula is C18H23FN4O4S. The minimum atomic E-state index is -3.87. The Balaban J connectivity index is 1.60. The van der Waals surface area contributed by atoms with E-state index in [1.54, 1.807) is 11.4 Å². The van der Waals surface area contributed by atoms with Gasteiger partial charge >= 0.3 is 0 Å². The van der Waals surface area contributed by atoms with Crippen LogP contribution in [-0.4, -0.2) is 54.0 Å². The van der Waals surface area contributed by atoms with Gasteiger partial charge < -0.3 is 9.47 Å². The number of ether oxygens (including phenoxy) is 2. The lowest BCUT2D eigenvalue weighted by Crippen LogP contribution is -2.47. The second-order valence-electron chi connectivity index (χ2n) is 7.26. The molecule has 0 saturated carbocycles. The fourth-order valence-corrected chi connectivity index (χ4v) is 6.45. The summed E-state index contributed by atoms with van der Waals surface area (Å²) in [6.07, 6.45) is 4.69. The maximum atomic E-state index is 13.8. The Morgan fingerprint density at radius 3 is 2.54 bits per heavy atom. The fraction of sp³-hybridized carbons (Fsp3) is 0.556. The lowest BCUT2D eigenvalue weighted by atomic mass is 10.00. The molecule has 10 heteroatoms. The molecule has 152 valence electrons. The first-order valence-corrected chi connectivity index (χ1v) is 10.6. The van der Waals surface area contributed by atoms with E-state index in [1.165, 1.54) is 19.2 Å². The highest BCUT2D eigenvalue weighted by Crippen LogP contribution is 2.44. The summed E-state index contributed by atoms with van der Waals surface area (Å²) in [6, 6.07) is 3.35. The summed E-state index contributed by atoms with van der Waals surface area (Å²) in [5.41, 5.74) is 0.745. The van der Waals surface area contributed by atoms with Crippen LogP contribution >= 0.6 is 0 Å². The van der Waals surface area contributed by atoms with E-state index in [-0.39, 0.29) is 28.8 Å². The summed E-state index contributed by atoms with van der Waals surface area (Å²) in [7, 11) is -0.884. The Labute approximate surface area is 163 Å². The summed E-state index contributed by atoms with van der Waals surface area (Å²) in [5.74, 6) is -0.446. The van der Waals surface area contributed by atoms with Gasteiger partial charge in [-0.2, -0.15) is 4.31 Å². The van der Waals surface area contributed by atoms with E-state index >= 15 is 0 Å². The number of benzene rings is 1. The van der Waals surface area contributed by atoms with Crippen molar-refractivity contribution in [2.24, 2.45) is 0 Å². The Hall–Kier alpha value is -2.04. The first-order chi connectivity index (χ1) is 13.4. The topological polar surface area (TPSA) is 86.5 Å². The van der Waals surface area contributed by atoms with E-state index in [0.717, 1.165) is 24.6 Å². The summed E-state index contributed by atoms with van der Waals surface area (Å²) >= 11 is 0. The van der Waals surface area contributed by atoms with Crippen molar-refractivity contribution in [2.45, 2.75) is 55.3 Å². The molecule has 28 heavy (non-hydrogen) atoms. The molecule has 0 amide bonds. The number of halogens is 1. The quantitative estimate of drug-likeness (QED) is 0.725. The number of piperidine rings is 1. The van der Waals surface area contributed by atoms with E-state index in [9.17, 15) is 12.8 Å². The fourth-order valence-electron chi connectivity index (χ4n) is 4.39. The zero-order valence-electron chi connectivity index (χ0n) is 15.8. The van der Waals surface area contributed by atoms with Gasteiger partial charge in [-0.15, -0.1) is 5.10 Å². The third-order valence-electron chi connectivity index (χ3n) is 5.55. The van der Waals surface area contributed by atoms with Crippen LogP contribution in [0, 0.1) is 5.82 Å². The molecule has 2 aromatic rings. The molecule has 1 aromatic heterocycles. The molecule has 2 atom stereocenters. The molecular weight excluding hydrogens is 387 g/mol. The van der Waals surface area contributed by atoms with Crippen molar-refractivity contribution in [3.8, 4) is 5.75 Å². The summed E-state index contributed by atoms with van der Waals surface area (Å²) in [6.45, 7) is 0.388. The SMILES string of the molecule is COCc1cn(C2CC3CCC(C2)N3S(=O)(=O)c2cc(F)ccc2OC)nn1. The average molecular weight is 410 g/mol. The van der Waals surface area contributed by atoms with Gasteiger partial charge in [0.2, 0.25) is 10.0 Å². The highest BCUT2D eigenvalue weighted by molar-refractivity contribution is 7.89. The summed E-state index contributed by atoms with van der Waals surface area (Å²) in [5, 5.41) is 8.29. The number of hydrogen-bond acceptors (Lipinski definition) is 6. The van der Waals surface area contributed by atoms with E-state index in [2.05, 4.69) is 10.3 Å². The van der Waals surface area contributed by atoms with Crippen molar-refractivity contribution in [1.29, 1.82) is 0 Å². The summed E-state index contributed by atoms with van der Waals surface area (Å²) < 4.78 is 54.1. The monoisotopic (exact) mass is 410 g/mol. The van der Waals surface area contributed by atoms with Crippen LogP contribution in [0.4, 0.5) is 4.39 Å². The number of fused-ring (bicyclic) bond motifs is 2. The van der Waals surface area contributed by atoms with E-state index < -0.39 is 15.8 Å². The lowest BCUT2D eigenvalue weighted by Gasteiger charge is -2.37. The molecule has 2 unspecified atom stereocenters. The van der Waals surface area contributed by atoms with Gasteiger partial charge in [0.15, 0.2) is 0 Å². The predicted octanol–water partition coefficient (Wildman–Crippen LogP) is 2.13. The van der Waals surface area contributed by atoms with Crippen LogP contribution in [0.25, 0.3) is 0 Å². The van der Waals surface area contributed by atoms with E-state index in [0.29, 0.717) is 19.4 Å². The molecule has 0 spiro atoms. The number of methoxy groups -OCH3 is 2. The molecule has 0 aliphatic carbocycles. The van der Waals surface area contributed by atoms with Gasteiger partial charge in [-0.25, -0.2) is 17.5 Å². The second-order valence-corrected chi connectivity index (χ2v) is 9.07. The molecule has 0 radical (unpaired) electrons. The highest BCUT2D eigenvalue weighted by Gasteiger charge is 2.48. The van der Waals surface area contributed by atoms with E-state index in [1.807, 2.05) is 10.9 Å². The van der Waals surface area contributed by atoms with Crippen molar-refractivity contribution in [1.82, 2.24) is 19.3 Å². The van der Waals surface area contributed by atoms with Gasteiger partial charge in [0, 0.05) is 19.2 Å². The summed E-state index contributed by atoms with van der Waals surface area (Å²) in [4.78, 5) is -0.117. The Morgan fingerprint density at radius 2 is 1.89 bits per heavy atom. The zero-order valence-corrected chi connectivity index (χ0v) is 16.6. The third-order valence-corrected chi connectivity index (χ3v) is 7.57. The minimum Gasteiger partial charge on any atom is -0.495 e. The highest BCUT2D eigenvalue weighted by atomic mass is 32.2. The number of nitrogens with zero attached hydrogens (tertiary/aromatic N) is 4. The largest absolute Gasteiger partial charge is 0.495 e. The molecule has 2 fully saturated rings. The smallest absolute Gasteiger partial charge is 0.247 e. The van der Waals surface area contributed by atoms with Gasteiger partial charge in [-0.3, -0.25) is 0 Å². The first kappa shape index (κ1) is 19.3. The van der Waals surface area contributed by atoms with Crippen LogP contribution in [0.1, 0.15) is 37.4 Å². The Bertz CT molecular complexity index is 950. The second kappa shape index (κ2) is 7.41. The van der Waals surface area contributed by atoms with Gasteiger partial charge in [0.25, 0.3) is 0 Å². The molecule has 4 rings (SSSR count). The predicted molar refractivity (Wildman–Crippen MR) is 97.8 cm³/mol. The minimum absolute atomic E-state index is 0.0801.